The number of phenolic OH excluding ortho intramolecular Hbond substituents is 1. The molecule has 0 saturated heterocycles. The fourth-order valence-electron chi connectivity index (χ4n) is 4.26. The van der Waals surface area contributed by atoms with Gasteiger partial charge in [-0.15, -0.1) is 10.2 Å². The lowest BCUT2D eigenvalue weighted by Crippen LogP contribution is -2.39. The van der Waals surface area contributed by atoms with Crippen LogP contribution in [0.25, 0.3) is 32.7 Å². The summed E-state index contributed by atoms with van der Waals surface area (Å²) >= 11 is 1.62. The first kappa shape index (κ1) is 19.9. The fourth-order valence-corrected chi connectivity index (χ4v) is 5.23. The predicted molar refractivity (Wildman–Crippen MR) is 123 cm³/mol. The monoisotopic (exact) mass is 435 g/mol. The maximum absolute atomic E-state index is 10.6. The van der Waals surface area contributed by atoms with Gasteiger partial charge in [-0.25, -0.2) is 0 Å². The van der Waals surface area contributed by atoms with Crippen molar-refractivity contribution in [3.8, 4) is 28.1 Å². The number of aromatic hydroxyl groups is 1. The predicted octanol–water partition coefficient (Wildman–Crippen LogP) is 3.82. The number of benzene rings is 1. The molecule has 0 spiro atoms. The van der Waals surface area contributed by atoms with Crippen LogP contribution in [0.15, 0.2) is 36.7 Å². The molecule has 0 radical (unpaired) electrons. The molecule has 8 nitrogen and oxygen atoms in total. The standard InChI is InChI=1S/C22H25N7OS/c1-23-15-4-6-16(7-5-15)29(2)22-26-21-20(31-22)10-18(27-28-21)17-8-3-13(9-19(17)30)14-11-24-25-12-14/h3,8-12,15-16,23,30H,4-7H2,1-2H3,(H,24,25)/t15-,16+. The minimum atomic E-state index is 0.163. The summed E-state index contributed by atoms with van der Waals surface area (Å²) < 4.78 is 0.967. The Hall–Kier alpha value is -3.04. The summed E-state index contributed by atoms with van der Waals surface area (Å²) in [6, 6.07) is 8.61. The molecule has 4 aromatic rings. The highest BCUT2D eigenvalue weighted by Gasteiger charge is 2.25. The number of nitrogens with zero attached hydrogens (tertiary/aromatic N) is 5. The van der Waals surface area contributed by atoms with Crippen molar-refractivity contribution in [3.63, 3.8) is 0 Å². The number of phenols is 1. The van der Waals surface area contributed by atoms with E-state index in [1.54, 1.807) is 29.8 Å². The lowest BCUT2D eigenvalue weighted by molar-refractivity contribution is 0.351. The van der Waals surface area contributed by atoms with E-state index in [9.17, 15) is 5.11 Å². The van der Waals surface area contributed by atoms with Crippen LogP contribution in [0.1, 0.15) is 25.7 Å². The van der Waals surface area contributed by atoms with Gasteiger partial charge in [-0.2, -0.15) is 10.1 Å². The molecule has 0 unspecified atom stereocenters. The third kappa shape index (κ3) is 3.86. The van der Waals surface area contributed by atoms with Crippen molar-refractivity contribution < 1.29 is 5.11 Å². The summed E-state index contributed by atoms with van der Waals surface area (Å²) in [7, 11) is 4.16. The molecule has 160 valence electrons. The molecule has 0 bridgehead atoms. The highest BCUT2D eigenvalue weighted by atomic mass is 32.1. The summed E-state index contributed by atoms with van der Waals surface area (Å²) in [4.78, 5) is 7.00. The number of hydrogen-bond acceptors (Lipinski definition) is 8. The van der Waals surface area contributed by atoms with Crippen molar-refractivity contribution in [2.24, 2.45) is 0 Å². The number of aromatic amines is 1. The normalized spacial score (nSPS) is 19.0. The first-order valence-corrected chi connectivity index (χ1v) is 11.3. The van der Waals surface area contributed by atoms with E-state index < -0.39 is 0 Å². The summed E-state index contributed by atoms with van der Waals surface area (Å²) in [5.74, 6) is 0.163. The molecule has 0 aliphatic heterocycles. The number of H-pyrrole nitrogens is 1. The number of fused-ring (bicyclic) bond motifs is 1. The second-order valence-electron chi connectivity index (χ2n) is 8.04. The first-order chi connectivity index (χ1) is 15.1. The number of thiazole rings is 1. The van der Waals surface area contributed by atoms with Crippen LogP contribution < -0.4 is 10.2 Å². The second kappa shape index (κ2) is 8.24. The van der Waals surface area contributed by atoms with Crippen LogP contribution in [0, 0.1) is 0 Å². The largest absolute Gasteiger partial charge is 0.507 e. The second-order valence-corrected chi connectivity index (χ2v) is 9.05. The molecular weight excluding hydrogens is 410 g/mol. The van der Waals surface area contributed by atoms with Crippen LogP contribution >= 0.6 is 11.3 Å². The van der Waals surface area contributed by atoms with Gasteiger partial charge in [0.1, 0.15) is 5.75 Å². The molecule has 3 aromatic heterocycles. The third-order valence-electron chi connectivity index (χ3n) is 6.20. The third-order valence-corrected chi connectivity index (χ3v) is 7.29. The topological polar surface area (TPSA) is 103 Å². The van der Waals surface area contributed by atoms with E-state index in [1.165, 1.54) is 12.8 Å². The van der Waals surface area contributed by atoms with E-state index in [1.807, 2.05) is 25.2 Å². The average Bonchev–Trinajstić information content (AvgIpc) is 3.48. The van der Waals surface area contributed by atoms with Crippen molar-refractivity contribution in [3.05, 3.63) is 36.7 Å². The molecule has 1 aliphatic carbocycles. The van der Waals surface area contributed by atoms with Gasteiger partial charge < -0.3 is 15.3 Å². The zero-order chi connectivity index (χ0) is 21.4. The van der Waals surface area contributed by atoms with Crippen LogP contribution in [0.4, 0.5) is 5.13 Å². The number of nitrogens with one attached hydrogen (secondary N) is 2. The van der Waals surface area contributed by atoms with Crippen molar-refractivity contribution in [2.45, 2.75) is 37.8 Å². The maximum Gasteiger partial charge on any atom is 0.194 e. The molecule has 0 atom stereocenters. The summed E-state index contributed by atoms with van der Waals surface area (Å²) in [6.45, 7) is 0. The number of hydrogen-bond donors (Lipinski definition) is 3. The number of anilines is 1. The van der Waals surface area contributed by atoms with Crippen LogP contribution in [0.3, 0.4) is 0 Å². The summed E-state index contributed by atoms with van der Waals surface area (Å²) in [5.41, 5.74) is 3.74. The minimum Gasteiger partial charge on any atom is -0.507 e. The highest BCUT2D eigenvalue weighted by Crippen LogP contribution is 2.36. The summed E-state index contributed by atoms with van der Waals surface area (Å²) in [6.07, 6.45) is 8.21. The Kier molecular flexibility index (Phi) is 5.29. The van der Waals surface area contributed by atoms with Gasteiger partial charge in [0.25, 0.3) is 0 Å². The smallest absolute Gasteiger partial charge is 0.194 e. The van der Waals surface area contributed by atoms with E-state index in [2.05, 4.69) is 37.7 Å². The van der Waals surface area contributed by atoms with Crippen LogP contribution in [0.5, 0.6) is 5.75 Å². The Morgan fingerprint density at radius 3 is 2.68 bits per heavy atom. The van der Waals surface area contributed by atoms with Gasteiger partial charge in [-0.05, 0) is 56.5 Å². The van der Waals surface area contributed by atoms with Crippen molar-refractivity contribution in [2.75, 3.05) is 19.0 Å². The van der Waals surface area contributed by atoms with Gasteiger partial charge in [0.2, 0.25) is 0 Å². The molecule has 3 heterocycles. The Balaban J connectivity index is 1.40. The van der Waals surface area contributed by atoms with Gasteiger partial charge in [0, 0.05) is 36.5 Å². The molecule has 1 aliphatic rings. The number of rotatable bonds is 5. The van der Waals surface area contributed by atoms with Gasteiger partial charge in [-0.1, -0.05) is 17.4 Å². The van der Waals surface area contributed by atoms with E-state index >= 15 is 0 Å². The molecular formula is C22H25N7OS. The minimum absolute atomic E-state index is 0.163. The molecule has 3 N–H and O–H groups in total. The SMILES string of the molecule is CN[C@H]1CC[C@@H](N(C)c2nc3nnc(-c4ccc(-c5cn[nH]c5)cc4O)cc3s2)CC1. The zero-order valence-corrected chi connectivity index (χ0v) is 18.4. The van der Waals surface area contributed by atoms with Gasteiger partial charge in [0.15, 0.2) is 10.8 Å². The molecule has 1 fully saturated rings. The number of aromatic nitrogens is 5. The fraction of sp³-hybridized carbons (Fsp3) is 0.364. The molecule has 1 saturated carbocycles. The molecule has 9 heteroatoms. The van der Waals surface area contributed by atoms with Crippen molar-refractivity contribution in [1.82, 2.24) is 30.7 Å². The van der Waals surface area contributed by atoms with Crippen LogP contribution in [-0.2, 0) is 0 Å². The van der Waals surface area contributed by atoms with Gasteiger partial charge >= 0.3 is 0 Å². The van der Waals surface area contributed by atoms with Gasteiger partial charge in [-0.3, -0.25) is 5.10 Å². The van der Waals surface area contributed by atoms with Crippen LogP contribution in [0.2, 0.25) is 0 Å². The van der Waals surface area contributed by atoms with Gasteiger partial charge in [0.05, 0.1) is 16.6 Å². The lowest BCUT2D eigenvalue weighted by Gasteiger charge is -2.34. The molecule has 31 heavy (non-hydrogen) atoms. The summed E-state index contributed by atoms with van der Waals surface area (Å²) in [5, 5.41) is 30.4. The average molecular weight is 436 g/mol. The Bertz CT molecular complexity index is 1180. The quantitative estimate of drug-likeness (QED) is 0.438. The zero-order valence-electron chi connectivity index (χ0n) is 17.5. The van der Waals surface area contributed by atoms with E-state index in [0.29, 0.717) is 29.0 Å². The Labute approximate surface area is 184 Å². The Morgan fingerprint density at radius 1 is 1.13 bits per heavy atom. The first-order valence-electron chi connectivity index (χ1n) is 10.5. The Morgan fingerprint density at radius 2 is 1.97 bits per heavy atom. The lowest BCUT2D eigenvalue weighted by atomic mass is 9.91. The maximum atomic E-state index is 10.6. The highest BCUT2D eigenvalue weighted by molar-refractivity contribution is 7.22. The van der Waals surface area contributed by atoms with Crippen LogP contribution in [-0.4, -0.2) is 56.7 Å². The van der Waals surface area contributed by atoms with Crippen molar-refractivity contribution in [1.29, 1.82) is 0 Å². The molecule has 0 amide bonds. The molecule has 1 aromatic carbocycles. The van der Waals surface area contributed by atoms with E-state index in [-0.39, 0.29) is 5.75 Å². The molecule has 5 rings (SSSR count). The van der Waals surface area contributed by atoms with E-state index in [0.717, 1.165) is 33.8 Å². The van der Waals surface area contributed by atoms with E-state index in [4.69, 9.17) is 4.98 Å². The van der Waals surface area contributed by atoms with Crippen molar-refractivity contribution >= 4 is 26.8 Å².